The summed E-state index contributed by atoms with van der Waals surface area (Å²) in [6.45, 7) is 0.672. The summed E-state index contributed by atoms with van der Waals surface area (Å²) in [5.74, 6) is -1.68. The van der Waals surface area contributed by atoms with Crippen LogP contribution in [0.2, 0.25) is 0 Å². The number of anilines is 1. The van der Waals surface area contributed by atoms with Crippen LogP contribution in [0.1, 0.15) is 18.0 Å². The summed E-state index contributed by atoms with van der Waals surface area (Å²) in [6, 6.07) is 0.906. The zero-order chi connectivity index (χ0) is 21.4. The fraction of sp³-hybridized carbons (Fsp3) is 0.647. The molecular formula is C17H27FN8O3. The molecule has 1 aliphatic heterocycles. The fourth-order valence-electron chi connectivity index (χ4n) is 3.41. The second-order valence-electron chi connectivity index (χ2n) is 6.98. The first-order valence-corrected chi connectivity index (χ1v) is 9.30. The van der Waals surface area contributed by atoms with E-state index in [-0.39, 0.29) is 13.1 Å². The maximum atomic E-state index is 13.6. The predicted molar refractivity (Wildman–Crippen MR) is 107 cm³/mol. The van der Waals surface area contributed by atoms with E-state index in [0.717, 1.165) is 0 Å². The number of amides is 1. The molecule has 160 valence electrons. The highest BCUT2D eigenvalue weighted by Gasteiger charge is 2.40. The minimum atomic E-state index is -1.35. The van der Waals surface area contributed by atoms with Gasteiger partial charge in [-0.05, 0) is 33.1 Å². The molecule has 5 atom stereocenters. The number of pyridine rings is 1. The Morgan fingerprint density at radius 1 is 1.48 bits per heavy atom. The molecule has 1 aromatic heterocycles. The molecule has 1 aromatic rings. The van der Waals surface area contributed by atoms with Crippen molar-refractivity contribution in [2.24, 2.45) is 22.0 Å². The maximum absolute atomic E-state index is 13.6. The van der Waals surface area contributed by atoms with Gasteiger partial charge in [-0.15, -0.1) is 4.91 Å². The molecule has 1 fully saturated rings. The van der Waals surface area contributed by atoms with Crippen LogP contribution in [0, 0.1) is 15.7 Å². The van der Waals surface area contributed by atoms with Crippen LogP contribution >= 0.6 is 0 Å². The van der Waals surface area contributed by atoms with Crippen molar-refractivity contribution in [3.05, 3.63) is 33.8 Å². The van der Waals surface area contributed by atoms with Gasteiger partial charge < -0.3 is 16.4 Å². The van der Waals surface area contributed by atoms with Crippen LogP contribution in [-0.4, -0.2) is 68.0 Å². The molecule has 1 amide bonds. The Labute approximate surface area is 167 Å². The SMILES string of the molecule is CNCCC(N=O)c1ccncc1NC(=O)C(C(N)N=O)C1NCC(F)CN1C. The summed E-state index contributed by atoms with van der Waals surface area (Å²) in [4.78, 5) is 41.0. The van der Waals surface area contributed by atoms with E-state index in [1.807, 2.05) is 0 Å². The topological polar surface area (TPSA) is 154 Å². The largest absolute Gasteiger partial charge is 0.324 e. The number of hydrogen-bond donors (Lipinski definition) is 4. The maximum Gasteiger partial charge on any atom is 0.234 e. The Balaban J connectivity index is 2.25. The average Bonchev–Trinajstić information content (AvgIpc) is 2.71. The molecule has 2 rings (SSSR count). The molecule has 0 aliphatic carbocycles. The van der Waals surface area contributed by atoms with Gasteiger partial charge in [-0.1, -0.05) is 10.4 Å². The molecular weight excluding hydrogens is 383 g/mol. The molecule has 0 radical (unpaired) electrons. The van der Waals surface area contributed by atoms with Crippen molar-refractivity contribution in [3.63, 3.8) is 0 Å². The molecule has 11 nitrogen and oxygen atoms in total. The molecule has 1 saturated heterocycles. The molecule has 29 heavy (non-hydrogen) atoms. The van der Waals surface area contributed by atoms with Gasteiger partial charge in [0.15, 0.2) is 6.17 Å². The van der Waals surface area contributed by atoms with Crippen LogP contribution in [0.15, 0.2) is 28.8 Å². The van der Waals surface area contributed by atoms with Crippen LogP contribution < -0.4 is 21.7 Å². The number of hydrogen-bond acceptors (Lipinski definition) is 10. The second-order valence-corrected chi connectivity index (χ2v) is 6.98. The Bertz CT molecular complexity index is 709. The van der Waals surface area contributed by atoms with Gasteiger partial charge in [0.05, 0.1) is 18.1 Å². The fourth-order valence-corrected chi connectivity index (χ4v) is 3.41. The van der Waals surface area contributed by atoms with Crippen molar-refractivity contribution in [1.29, 1.82) is 0 Å². The summed E-state index contributed by atoms with van der Waals surface area (Å²) in [7, 11) is 3.38. The highest BCUT2D eigenvalue weighted by Crippen LogP contribution is 2.28. The van der Waals surface area contributed by atoms with Crippen molar-refractivity contribution < 1.29 is 9.18 Å². The first-order chi connectivity index (χ1) is 13.9. The minimum Gasteiger partial charge on any atom is -0.324 e. The van der Waals surface area contributed by atoms with Crippen molar-refractivity contribution in [2.75, 3.05) is 39.0 Å². The first-order valence-electron chi connectivity index (χ1n) is 9.30. The normalized spacial score (nSPS) is 23.0. The zero-order valence-corrected chi connectivity index (χ0v) is 16.4. The van der Waals surface area contributed by atoms with E-state index in [0.29, 0.717) is 24.2 Å². The van der Waals surface area contributed by atoms with Gasteiger partial charge in [-0.25, -0.2) is 4.39 Å². The highest BCUT2D eigenvalue weighted by molar-refractivity contribution is 5.94. The second kappa shape index (κ2) is 11.0. The van der Waals surface area contributed by atoms with Crippen LogP contribution in [0.25, 0.3) is 0 Å². The Kier molecular flexibility index (Phi) is 8.64. The van der Waals surface area contributed by atoms with E-state index in [9.17, 15) is 19.0 Å². The smallest absolute Gasteiger partial charge is 0.234 e. The third kappa shape index (κ3) is 5.79. The van der Waals surface area contributed by atoms with Gasteiger partial charge in [0.2, 0.25) is 5.91 Å². The van der Waals surface area contributed by atoms with Gasteiger partial charge in [0.25, 0.3) is 0 Å². The summed E-state index contributed by atoms with van der Waals surface area (Å²) in [5.41, 5.74) is 6.59. The molecule has 0 spiro atoms. The van der Waals surface area contributed by atoms with E-state index >= 15 is 0 Å². The predicted octanol–water partition coefficient (Wildman–Crippen LogP) is 0.304. The number of halogens is 1. The minimum absolute atomic E-state index is 0.0314. The number of nitrogens with two attached hydrogens (primary N) is 1. The molecule has 5 unspecified atom stereocenters. The summed E-state index contributed by atoms with van der Waals surface area (Å²) in [5, 5.41) is 14.5. The quantitative estimate of drug-likeness (QED) is 0.402. The number of carbonyl (C=O) groups excluding carboxylic acids is 1. The van der Waals surface area contributed by atoms with E-state index in [2.05, 4.69) is 31.3 Å². The summed E-state index contributed by atoms with van der Waals surface area (Å²) in [6.07, 6.45) is 0.191. The van der Waals surface area contributed by atoms with E-state index in [1.54, 1.807) is 25.1 Å². The molecule has 12 heteroatoms. The van der Waals surface area contributed by atoms with Gasteiger partial charge in [0.1, 0.15) is 18.1 Å². The third-order valence-corrected chi connectivity index (χ3v) is 4.91. The molecule has 0 aromatic carbocycles. The van der Waals surface area contributed by atoms with Gasteiger partial charge in [-0.3, -0.25) is 20.0 Å². The number of rotatable bonds is 10. The molecule has 5 N–H and O–H groups in total. The van der Waals surface area contributed by atoms with E-state index in [1.165, 1.54) is 12.4 Å². The summed E-state index contributed by atoms with van der Waals surface area (Å²) < 4.78 is 13.6. The van der Waals surface area contributed by atoms with Crippen molar-refractivity contribution >= 4 is 11.6 Å². The lowest BCUT2D eigenvalue weighted by atomic mass is 9.97. The van der Waals surface area contributed by atoms with Crippen LogP contribution in [-0.2, 0) is 4.79 Å². The first kappa shape index (κ1) is 22.9. The Morgan fingerprint density at radius 3 is 2.86 bits per heavy atom. The van der Waals surface area contributed by atoms with Gasteiger partial charge in [-0.2, -0.15) is 4.91 Å². The lowest BCUT2D eigenvalue weighted by molar-refractivity contribution is -0.124. The number of nitrogens with one attached hydrogen (secondary N) is 3. The van der Waals surface area contributed by atoms with Crippen molar-refractivity contribution in [3.8, 4) is 0 Å². The number of aromatic nitrogens is 1. The van der Waals surface area contributed by atoms with E-state index in [4.69, 9.17) is 5.73 Å². The van der Waals surface area contributed by atoms with Crippen LogP contribution in [0.4, 0.5) is 10.1 Å². The molecule has 2 heterocycles. The van der Waals surface area contributed by atoms with Crippen LogP contribution in [0.5, 0.6) is 0 Å². The molecule has 0 bridgehead atoms. The molecule has 0 saturated carbocycles. The van der Waals surface area contributed by atoms with Gasteiger partial charge >= 0.3 is 0 Å². The number of nitrogens with zero attached hydrogens (tertiary/aromatic N) is 4. The third-order valence-electron chi connectivity index (χ3n) is 4.91. The number of carbonyl (C=O) groups is 1. The van der Waals surface area contributed by atoms with Gasteiger partial charge in [0, 0.05) is 24.8 Å². The van der Waals surface area contributed by atoms with Crippen molar-refractivity contribution in [2.45, 2.75) is 31.0 Å². The summed E-state index contributed by atoms with van der Waals surface area (Å²) >= 11 is 0. The number of nitroso groups, excluding NO2 is 2. The monoisotopic (exact) mass is 410 g/mol. The highest BCUT2D eigenvalue weighted by atomic mass is 19.1. The Morgan fingerprint density at radius 2 is 2.24 bits per heavy atom. The standard InChI is InChI=1S/C17H27FN8O3/c1-20-5-4-12(24-28)11-3-6-21-8-13(11)23-17(27)14(15(19)25-29)16-22-7-10(18)9-26(16)2/h3,6,8,10,12,14-16,20,22H,4-5,7,9,19H2,1-2H3,(H,23,27). The zero-order valence-electron chi connectivity index (χ0n) is 16.4. The number of alkyl halides is 1. The average molecular weight is 410 g/mol. The lowest BCUT2D eigenvalue weighted by Crippen LogP contribution is -2.62. The Hall–Kier alpha value is -2.41. The molecule has 1 aliphatic rings. The lowest BCUT2D eigenvalue weighted by Gasteiger charge is -2.39. The van der Waals surface area contributed by atoms with Crippen LogP contribution in [0.3, 0.4) is 0 Å². The van der Waals surface area contributed by atoms with E-state index < -0.39 is 36.4 Å². The van der Waals surface area contributed by atoms with Crippen molar-refractivity contribution in [1.82, 2.24) is 20.5 Å².